The number of hydrogen-bond donors (Lipinski definition) is 0. The van der Waals surface area contributed by atoms with Crippen molar-refractivity contribution in [2.24, 2.45) is 0 Å². The zero-order valence-electron chi connectivity index (χ0n) is 16.9. The van der Waals surface area contributed by atoms with E-state index in [4.69, 9.17) is 0 Å². The standard InChI is InChI=1S/C14H10.C10H8.C6H6/c1-3-7-13-11(5-1)9-10-12-6-2-4-8-14(12)13;1-2-6-10-8-4-3-7-9(10)5-1;1-2-4-6-5-3-1/h1-10H;1-8H;1-6H. The quantitative estimate of drug-likeness (QED) is 0.230. The summed E-state index contributed by atoms with van der Waals surface area (Å²) in [5, 5.41) is 7.92. The third-order valence-corrected chi connectivity index (χ3v) is 4.98. The molecule has 0 N–H and O–H groups in total. The number of fused-ring (bicyclic) bond motifs is 4. The number of hydrogen-bond acceptors (Lipinski definition) is 0. The summed E-state index contributed by atoms with van der Waals surface area (Å²) in [6, 6.07) is 50.1. The Hall–Kier alpha value is -3.90. The highest BCUT2D eigenvalue weighted by molar-refractivity contribution is 6.07. The lowest BCUT2D eigenvalue weighted by molar-refractivity contribution is 1.72. The van der Waals surface area contributed by atoms with Gasteiger partial charge < -0.3 is 0 Å². The highest BCUT2D eigenvalue weighted by Crippen LogP contribution is 2.24. The van der Waals surface area contributed by atoms with Gasteiger partial charge in [-0.1, -0.05) is 146 Å². The Labute approximate surface area is 178 Å². The maximum Gasteiger partial charge on any atom is -0.0105 e. The molecule has 0 nitrogen and oxygen atoms in total. The monoisotopic (exact) mass is 384 g/mol. The van der Waals surface area contributed by atoms with Gasteiger partial charge in [0.15, 0.2) is 0 Å². The highest BCUT2D eigenvalue weighted by atomic mass is 14.0. The molecule has 0 aromatic heterocycles. The SMILES string of the molecule is c1ccc2c(c1)ccc1ccccc12.c1ccc2ccccc2c1.c1ccccc1. The molecule has 6 aromatic carbocycles. The van der Waals surface area contributed by atoms with Crippen molar-refractivity contribution < 1.29 is 0 Å². The smallest absolute Gasteiger partial charge is 0.0105 e. The molecule has 6 rings (SSSR count). The summed E-state index contributed by atoms with van der Waals surface area (Å²) < 4.78 is 0. The summed E-state index contributed by atoms with van der Waals surface area (Å²) in [5.41, 5.74) is 0. The van der Waals surface area contributed by atoms with E-state index < -0.39 is 0 Å². The first kappa shape index (κ1) is 19.4. The molecule has 0 unspecified atom stereocenters. The summed E-state index contributed by atoms with van der Waals surface area (Å²) in [6.45, 7) is 0. The summed E-state index contributed by atoms with van der Waals surface area (Å²) in [7, 11) is 0. The molecule has 0 aliphatic heterocycles. The minimum atomic E-state index is 1.31. The molecule has 0 bridgehead atoms. The van der Waals surface area contributed by atoms with Crippen LogP contribution in [-0.4, -0.2) is 0 Å². The van der Waals surface area contributed by atoms with Gasteiger partial charge in [-0.25, -0.2) is 0 Å². The molecule has 0 aliphatic carbocycles. The van der Waals surface area contributed by atoms with Gasteiger partial charge in [0.1, 0.15) is 0 Å². The molecule has 0 heterocycles. The molecule has 0 saturated heterocycles. The molecule has 0 amide bonds. The fourth-order valence-electron chi connectivity index (χ4n) is 3.47. The first-order valence-electron chi connectivity index (χ1n) is 10.2. The lowest BCUT2D eigenvalue weighted by Gasteiger charge is -2.02. The maximum absolute atomic E-state index is 2.18. The second kappa shape index (κ2) is 10.0. The molecule has 0 radical (unpaired) electrons. The van der Waals surface area contributed by atoms with Crippen LogP contribution in [0.5, 0.6) is 0 Å². The van der Waals surface area contributed by atoms with Gasteiger partial charge in [0, 0.05) is 0 Å². The molecular formula is C30H24. The van der Waals surface area contributed by atoms with Crippen LogP contribution >= 0.6 is 0 Å². The lowest BCUT2D eigenvalue weighted by atomic mass is 10.0. The van der Waals surface area contributed by atoms with Crippen molar-refractivity contribution in [3.05, 3.63) is 146 Å². The Kier molecular flexibility index (Phi) is 6.50. The molecule has 0 heteroatoms. The van der Waals surface area contributed by atoms with Crippen LogP contribution in [0.15, 0.2) is 146 Å². The first-order chi connectivity index (χ1) is 14.9. The predicted molar refractivity (Wildman–Crippen MR) is 132 cm³/mol. The van der Waals surface area contributed by atoms with Crippen molar-refractivity contribution in [3.8, 4) is 0 Å². The van der Waals surface area contributed by atoms with Crippen LogP contribution in [0.4, 0.5) is 0 Å². The van der Waals surface area contributed by atoms with E-state index in [0.29, 0.717) is 0 Å². The van der Waals surface area contributed by atoms with Gasteiger partial charge in [0.25, 0.3) is 0 Å². The van der Waals surface area contributed by atoms with Crippen LogP contribution in [0.3, 0.4) is 0 Å². The van der Waals surface area contributed by atoms with E-state index in [1.807, 2.05) is 36.4 Å². The molecule has 0 saturated carbocycles. The molecule has 0 spiro atoms. The fourth-order valence-corrected chi connectivity index (χ4v) is 3.47. The average Bonchev–Trinajstić information content (AvgIpc) is 2.86. The van der Waals surface area contributed by atoms with Gasteiger partial charge in [0.2, 0.25) is 0 Å². The van der Waals surface area contributed by atoms with E-state index in [1.165, 1.54) is 32.3 Å². The summed E-state index contributed by atoms with van der Waals surface area (Å²) in [6.07, 6.45) is 0. The first-order valence-corrected chi connectivity index (χ1v) is 10.2. The molecular weight excluding hydrogens is 360 g/mol. The summed E-state index contributed by atoms with van der Waals surface area (Å²) in [4.78, 5) is 0. The van der Waals surface area contributed by atoms with E-state index in [-0.39, 0.29) is 0 Å². The normalized spacial score (nSPS) is 10.0. The van der Waals surface area contributed by atoms with E-state index in [1.54, 1.807) is 0 Å². The van der Waals surface area contributed by atoms with E-state index in [0.717, 1.165) is 0 Å². The van der Waals surface area contributed by atoms with Crippen LogP contribution in [0.1, 0.15) is 0 Å². The van der Waals surface area contributed by atoms with E-state index in [2.05, 4.69) is 109 Å². The molecule has 6 aromatic rings. The van der Waals surface area contributed by atoms with Crippen molar-refractivity contribution in [3.63, 3.8) is 0 Å². The number of benzene rings is 6. The predicted octanol–water partition coefficient (Wildman–Crippen LogP) is 8.52. The van der Waals surface area contributed by atoms with Crippen LogP contribution in [-0.2, 0) is 0 Å². The molecule has 0 fully saturated rings. The Morgan fingerprint density at radius 2 is 0.467 bits per heavy atom. The van der Waals surface area contributed by atoms with Crippen molar-refractivity contribution in [1.29, 1.82) is 0 Å². The minimum Gasteiger partial charge on any atom is -0.0623 e. The third-order valence-electron chi connectivity index (χ3n) is 4.98. The maximum atomic E-state index is 2.18. The van der Waals surface area contributed by atoms with Crippen molar-refractivity contribution in [1.82, 2.24) is 0 Å². The summed E-state index contributed by atoms with van der Waals surface area (Å²) >= 11 is 0. The third kappa shape index (κ3) is 4.92. The zero-order valence-corrected chi connectivity index (χ0v) is 16.9. The lowest BCUT2D eigenvalue weighted by Crippen LogP contribution is -1.75. The molecule has 0 aliphatic rings. The zero-order chi connectivity index (χ0) is 20.4. The van der Waals surface area contributed by atoms with Gasteiger partial charge in [-0.3, -0.25) is 0 Å². The van der Waals surface area contributed by atoms with Gasteiger partial charge >= 0.3 is 0 Å². The second-order valence-corrected chi connectivity index (χ2v) is 7.01. The van der Waals surface area contributed by atoms with E-state index in [9.17, 15) is 0 Å². The molecule has 0 atom stereocenters. The summed E-state index contributed by atoms with van der Waals surface area (Å²) in [5.74, 6) is 0. The van der Waals surface area contributed by atoms with E-state index >= 15 is 0 Å². The van der Waals surface area contributed by atoms with Gasteiger partial charge in [0.05, 0.1) is 0 Å². The number of rotatable bonds is 0. The van der Waals surface area contributed by atoms with Crippen LogP contribution < -0.4 is 0 Å². The van der Waals surface area contributed by atoms with Gasteiger partial charge in [-0.05, 0) is 32.3 Å². The fraction of sp³-hybridized carbons (Fsp3) is 0. The molecule has 30 heavy (non-hydrogen) atoms. The Bertz CT molecular complexity index is 1190. The van der Waals surface area contributed by atoms with Crippen molar-refractivity contribution in [2.75, 3.05) is 0 Å². The van der Waals surface area contributed by atoms with Gasteiger partial charge in [-0.2, -0.15) is 0 Å². The largest absolute Gasteiger partial charge is 0.0623 e. The Morgan fingerprint density at radius 3 is 0.800 bits per heavy atom. The topological polar surface area (TPSA) is 0 Å². The van der Waals surface area contributed by atoms with Crippen LogP contribution in [0.2, 0.25) is 0 Å². The minimum absolute atomic E-state index is 1.31. The second-order valence-electron chi connectivity index (χ2n) is 7.01. The Morgan fingerprint density at radius 1 is 0.200 bits per heavy atom. The van der Waals surface area contributed by atoms with Crippen molar-refractivity contribution >= 4 is 32.3 Å². The van der Waals surface area contributed by atoms with Crippen LogP contribution in [0.25, 0.3) is 32.3 Å². The average molecular weight is 385 g/mol. The molecule has 144 valence electrons. The van der Waals surface area contributed by atoms with Gasteiger partial charge in [-0.15, -0.1) is 0 Å². The Balaban J connectivity index is 0.000000119. The van der Waals surface area contributed by atoms with Crippen molar-refractivity contribution in [2.45, 2.75) is 0 Å². The van der Waals surface area contributed by atoms with Crippen LogP contribution in [0, 0.1) is 0 Å². The highest BCUT2D eigenvalue weighted by Gasteiger charge is 1.97.